The number of benzene rings is 1. The summed E-state index contributed by atoms with van der Waals surface area (Å²) in [5.74, 6) is -2.97. The van der Waals surface area contributed by atoms with E-state index in [2.05, 4.69) is 5.32 Å². The Kier molecular flexibility index (Phi) is 8.05. The molecule has 1 heterocycles. The number of dihydropyridines is 1. The molecule has 1 aliphatic rings. The van der Waals surface area contributed by atoms with E-state index in [9.17, 15) is 18.0 Å². The van der Waals surface area contributed by atoms with Crippen LogP contribution in [0.2, 0.25) is 5.02 Å². The van der Waals surface area contributed by atoms with Crippen molar-refractivity contribution in [1.82, 2.24) is 5.32 Å². The van der Waals surface area contributed by atoms with Gasteiger partial charge in [-0.25, -0.2) is 18.0 Å². The molecule has 0 saturated heterocycles. The summed E-state index contributed by atoms with van der Waals surface area (Å²) < 4.78 is 35.0. The third-order valence-corrected chi connectivity index (χ3v) is 6.68. The normalized spacial score (nSPS) is 16.9. The first kappa shape index (κ1) is 23.9. The van der Waals surface area contributed by atoms with Crippen LogP contribution in [0.25, 0.3) is 0 Å². The number of hydrogen-bond donors (Lipinski definition) is 2. The van der Waals surface area contributed by atoms with Crippen LogP contribution in [0.4, 0.5) is 0 Å². The van der Waals surface area contributed by atoms with E-state index < -0.39 is 33.4 Å². The van der Waals surface area contributed by atoms with Crippen LogP contribution in [0.5, 0.6) is 0 Å². The summed E-state index contributed by atoms with van der Waals surface area (Å²) in [6.07, 6.45) is 0.291. The Morgan fingerprint density at radius 2 is 1.73 bits per heavy atom. The highest BCUT2D eigenvalue weighted by Gasteiger charge is 2.40. The number of sulfone groups is 1. The maximum atomic E-state index is 12.8. The zero-order chi connectivity index (χ0) is 22.5. The molecule has 0 amide bonds. The van der Waals surface area contributed by atoms with Crippen LogP contribution in [-0.2, 0) is 28.9 Å². The van der Waals surface area contributed by atoms with Gasteiger partial charge in [0.2, 0.25) is 0 Å². The van der Waals surface area contributed by atoms with E-state index >= 15 is 0 Å². The first-order valence-corrected chi connectivity index (χ1v) is 11.4. The molecule has 0 spiro atoms. The van der Waals surface area contributed by atoms with Gasteiger partial charge >= 0.3 is 11.9 Å². The van der Waals surface area contributed by atoms with Crippen LogP contribution in [0, 0.1) is 0 Å². The van der Waals surface area contributed by atoms with Crippen LogP contribution in [-0.4, -0.2) is 52.6 Å². The highest BCUT2D eigenvalue weighted by atomic mass is 35.5. The molecule has 10 heteroatoms. The standard InChI is InChI=1S/C20H25ClN2O6S/c1-12-16(19(24)28-2)17(13-7-4-5-8-14(13)21)18(20(25)29-3)15(23-12)11-30(26,27)10-6-9-22/h4-5,7-8,17,23H,6,9-11,22H2,1-3H3. The quantitative estimate of drug-likeness (QED) is 0.566. The maximum absolute atomic E-state index is 12.8. The summed E-state index contributed by atoms with van der Waals surface area (Å²) >= 11 is 6.38. The van der Waals surface area contributed by atoms with Crippen molar-refractivity contribution in [2.75, 3.05) is 32.3 Å². The van der Waals surface area contributed by atoms with E-state index in [-0.39, 0.29) is 29.1 Å². The summed E-state index contributed by atoms with van der Waals surface area (Å²) in [6.45, 7) is 1.83. The Morgan fingerprint density at radius 1 is 1.13 bits per heavy atom. The minimum absolute atomic E-state index is 0.00655. The molecule has 1 unspecified atom stereocenters. The SMILES string of the molecule is COC(=O)C1=C(C)NC(CS(=O)(=O)CCCN)=C(C(=O)OC)C1c1ccccc1Cl. The van der Waals surface area contributed by atoms with Gasteiger partial charge in [0, 0.05) is 16.4 Å². The van der Waals surface area contributed by atoms with Crippen molar-refractivity contribution in [3.05, 3.63) is 57.4 Å². The number of halogens is 1. The fourth-order valence-electron chi connectivity index (χ4n) is 3.36. The van der Waals surface area contributed by atoms with E-state index in [4.69, 9.17) is 26.8 Å². The summed E-state index contributed by atoms with van der Waals surface area (Å²) in [4.78, 5) is 25.4. The zero-order valence-corrected chi connectivity index (χ0v) is 18.6. The molecule has 0 aliphatic carbocycles. The summed E-state index contributed by atoms with van der Waals surface area (Å²) in [5, 5.41) is 3.21. The molecule has 8 nitrogen and oxygen atoms in total. The Morgan fingerprint density at radius 3 is 2.30 bits per heavy atom. The van der Waals surface area contributed by atoms with Gasteiger partial charge in [0.1, 0.15) is 0 Å². The molecule has 1 aromatic rings. The largest absolute Gasteiger partial charge is 0.466 e. The number of allylic oxidation sites excluding steroid dienone is 1. The monoisotopic (exact) mass is 456 g/mol. The van der Waals surface area contributed by atoms with Gasteiger partial charge in [0.15, 0.2) is 9.84 Å². The van der Waals surface area contributed by atoms with Gasteiger partial charge in [0.25, 0.3) is 0 Å². The van der Waals surface area contributed by atoms with Gasteiger partial charge in [0.05, 0.1) is 42.8 Å². The average molecular weight is 457 g/mol. The number of esters is 2. The zero-order valence-electron chi connectivity index (χ0n) is 17.0. The Hall–Kier alpha value is -2.36. The van der Waals surface area contributed by atoms with Crippen LogP contribution in [0.1, 0.15) is 24.8 Å². The molecular weight excluding hydrogens is 432 g/mol. The molecule has 30 heavy (non-hydrogen) atoms. The minimum atomic E-state index is -3.58. The maximum Gasteiger partial charge on any atom is 0.336 e. The van der Waals surface area contributed by atoms with E-state index in [0.717, 1.165) is 0 Å². The van der Waals surface area contributed by atoms with E-state index in [1.807, 2.05) is 0 Å². The number of carbonyl (C=O) groups excluding carboxylic acids is 2. The van der Waals surface area contributed by atoms with Gasteiger partial charge in [-0.2, -0.15) is 0 Å². The topological polar surface area (TPSA) is 125 Å². The molecule has 3 N–H and O–H groups in total. The molecule has 0 fully saturated rings. The number of nitrogens with two attached hydrogens (primary N) is 1. The molecule has 0 bridgehead atoms. The van der Waals surface area contributed by atoms with Crippen LogP contribution in [0.3, 0.4) is 0 Å². The molecule has 1 aromatic carbocycles. The van der Waals surface area contributed by atoms with Crippen molar-refractivity contribution >= 4 is 33.4 Å². The van der Waals surface area contributed by atoms with Gasteiger partial charge in [-0.15, -0.1) is 0 Å². The molecule has 1 atom stereocenters. The summed E-state index contributed by atoms with van der Waals surface area (Å²) in [5.41, 5.74) is 6.52. The van der Waals surface area contributed by atoms with Crippen LogP contribution in [0.15, 0.2) is 46.8 Å². The van der Waals surface area contributed by atoms with E-state index in [0.29, 0.717) is 22.7 Å². The molecule has 0 radical (unpaired) electrons. The second-order valence-electron chi connectivity index (χ2n) is 6.73. The molecular formula is C20H25ClN2O6S. The molecule has 1 aliphatic heterocycles. The fourth-order valence-corrected chi connectivity index (χ4v) is 5.02. The second kappa shape index (κ2) is 10.1. The Bertz CT molecular complexity index is 1000. The lowest BCUT2D eigenvalue weighted by Gasteiger charge is -2.31. The van der Waals surface area contributed by atoms with Crippen molar-refractivity contribution < 1.29 is 27.5 Å². The Labute approximate surface area is 181 Å². The minimum Gasteiger partial charge on any atom is -0.466 e. The highest BCUT2D eigenvalue weighted by Crippen LogP contribution is 2.42. The summed E-state index contributed by atoms with van der Waals surface area (Å²) in [7, 11) is -1.17. The van der Waals surface area contributed by atoms with Gasteiger partial charge < -0.3 is 20.5 Å². The number of ether oxygens (including phenoxy) is 2. The van der Waals surface area contributed by atoms with Crippen molar-refractivity contribution in [3.63, 3.8) is 0 Å². The molecule has 0 aromatic heterocycles. The van der Waals surface area contributed by atoms with Crippen molar-refractivity contribution in [3.8, 4) is 0 Å². The first-order chi connectivity index (χ1) is 14.2. The third-order valence-electron chi connectivity index (χ3n) is 4.70. The first-order valence-electron chi connectivity index (χ1n) is 9.19. The van der Waals surface area contributed by atoms with Crippen LogP contribution < -0.4 is 11.1 Å². The van der Waals surface area contributed by atoms with Crippen molar-refractivity contribution in [1.29, 1.82) is 0 Å². The molecule has 164 valence electrons. The smallest absolute Gasteiger partial charge is 0.336 e. The lowest BCUT2D eigenvalue weighted by molar-refractivity contribution is -0.137. The molecule has 0 saturated carbocycles. The van der Waals surface area contributed by atoms with Gasteiger partial charge in [-0.3, -0.25) is 0 Å². The lowest BCUT2D eigenvalue weighted by atomic mass is 9.80. The van der Waals surface area contributed by atoms with Gasteiger partial charge in [-0.1, -0.05) is 29.8 Å². The van der Waals surface area contributed by atoms with Gasteiger partial charge in [-0.05, 0) is 31.5 Å². The average Bonchev–Trinajstić information content (AvgIpc) is 2.71. The number of nitrogens with one attached hydrogen (secondary N) is 1. The third kappa shape index (κ3) is 5.21. The number of rotatable bonds is 8. The highest BCUT2D eigenvalue weighted by molar-refractivity contribution is 7.91. The second-order valence-corrected chi connectivity index (χ2v) is 9.32. The fraction of sp³-hybridized carbons (Fsp3) is 0.400. The van der Waals surface area contributed by atoms with Crippen molar-refractivity contribution in [2.24, 2.45) is 5.73 Å². The number of methoxy groups -OCH3 is 2. The predicted molar refractivity (Wildman–Crippen MR) is 113 cm³/mol. The number of hydrogen-bond acceptors (Lipinski definition) is 8. The van der Waals surface area contributed by atoms with E-state index in [1.165, 1.54) is 14.2 Å². The Balaban J connectivity index is 2.74. The summed E-state index contributed by atoms with van der Waals surface area (Å²) in [6, 6.07) is 6.70. The van der Waals surface area contributed by atoms with Crippen molar-refractivity contribution in [2.45, 2.75) is 19.3 Å². The molecule has 2 rings (SSSR count). The number of carbonyl (C=O) groups is 2. The van der Waals surface area contributed by atoms with E-state index in [1.54, 1.807) is 31.2 Å². The predicted octanol–water partition coefficient (Wildman–Crippen LogP) is 1.66. The van der Waals surface area contributed by atoms with Crippen LogP contribution >= 0.6 is 11.6 Å². The lowest BCUT2D eigenvalue weighted by Crippen LogP contribution is -2.35.